The van der Waals surface area contributed by atoms with Crippen molar-refractivity contribution in [2.45, 2.75) is 26.4 Å². The molecule has 134 valence electrons. The lowest BCUT2D eigenvalue weighted by atomic mass is 10.1. The molecule has 0 bridgehead atoms. The molecule has 0 saturated heterocycles. The first kappa shape index (κ1) is 18.8. The molecular weight excluding hydrogens is 331 g/mol. The zero-order valence-electron chi connectivity index (χ0n) is 14.0. The Labute approximate surface area is 144 Å². The molecular formula is C18H20F3N3O. The molecule has 25 heavy (non-hydrogen) atoms. The van der Waals surface area contributed by atoms with E-state index < -0.39 is 17.6 Å². The highest BCUT2D eigenvalue weighted by Crippen LogP contribution is 2.29. The summed E-state index contributed by atoms with van der Waals surface area (Å²) in [6.07, 6.45) is -1.89. The maximum absolute atomic E-state index is 12.5. The van der Waals surface area contributed by atoms with E-state index in [1.165, 1.54) is 18.3 Å². The van der Waals surface area contributed by atoms with Gasteiger partial charge in [-0.25, -0.2) is 0 Å². The van der Waals surface area contributed by atoms with E-state index in [-0.39, 0.29) is 11.4 Å². The first-order chi connectivity index (χ1) is 11.8. The van der Waals surface area contributed by atoms with Crippen LogP contribution in [-0.4, -0.2) is 17.4 Å². The zero-order chi connectivity index (χ0) is 18.4. The van der Waals surface area contributed by atoms with Gasteiger partial charge in [0.1, 0.15) is 5.69 Å². The highest BCUT2D eigenvalue weighted by molar-refractivity contribution is 6.03. The Morgan fingerprint density at radius 2 is 1.80 bits per heavy atom. The van der Waals surface area contributed by atoms with Crippen molar-refractivity contribution in [3.05, 3.63) is 53.9 Å². The lowest BCUT2D eigenvalue weighted by Crippen LogP contribution is -2.14. The summed E-state index contributed by atoms with van der Waals surface area (Å²) in [5.74, 6) is 0.0871. The van der Waals surface area contributed by atoms with Gasteiger partial charge in [-0.05, 0) is 48.7 Å². The molecule has 1 aromatic carbocycles. The van der Waals surface area contributed by atoms with E-state index in [0.717, 1.165) is 30.8 Å². The number of rotatable bonds is 6. The zero-order valence-corrected chi connectivity index (χ0v) is 14.0. The summed E-state index contributed by atoms with van der Waals surface area (Å²) in [5, 5.41) is 5.76. The molecule has 0 fully saturated rings. The van der Waals surface area contributed by atoms with E-state index in [1.54, 1.807) is 12.1 Å². The Morgan fingerprint density at radius 3 is 2.40 bits per heavy atom. The third kappa shape index (κ3) is 5.77. The highest BCUT2D eigenvalue weighted by Gasteiger charge is 2.30. The average molecular weight is 351 g/mol. The Bertz CT molecular complexity index is 712. The molecule has 0 spiro atoms. The summed E-state index contributed by atoms with van der Waals surface area (Å²) in [7, 11) is 0. The fourth-order valence-corrected chi connectivity index (χ4v) is 2.11. The molecule has 4 nitrogen and oxygen atoms in total. The van der Waals surface area contributed by atoms with E-state index >= 15 is 0 Å². The molecule has 2 aromatic rings. The van der Waals surface area contributed by atoms with Gasteiger partial charge in [0.15, 0.2) is 0 Å². The van der Waals surface area contributed by atoms with Gasteiger partial charge in [-0.1, -0.05) is 13.8 Å². The molecule has 0 radical (unpaired) electrons. The second-order valence-corrected chi connectivity index (χ2v) is 6.07. The van der Waals surface area contributed by atoms with Gasteiger partial charge in [0.05, 0.1) is 5.56 Å². The number of carbonyl (C=O) groups is 1. The molecule has 1 aromatic heterocycles. The minimum Gasteiger partial charge on any atom is -0.385 e. The smallest absolute Gasteiger partial charge is 0.385 e. The second-order valence-electron chi connectivity index (χ2n) is 6.07. The lowest BCUT2D eigenvalue weighted by molar-refractivity contribution is -0.137. The predicted octanol–water partition coefficient (Wildman–Crippen LogP) is 4.81. The normalized spacial score (nSPS) is 11.4. The molecule has 0 aliphatic rings. The van der Waals surface area contributed by atoms with Gasteiger partial charge in [-0.2, -0.15) is 13.2 Å². The van der Waals surface area contributed by atoms with E-state index in [9.17, 15) is 18.0 Å². The predicted molar refractivity (Wildman–Crippen MR) is 91.6 cm³/mol. The van der Waals surface area contributed by atoms with Crippen LogP contribution in [-0.2, 0) is 6.18 Å². The number of nitrogens with one attached hydrogen (secondary N) is 2. The van der Waals surface area contributed by atoms with E-state index in [1.807, 2.05) is 0 Å². The molecule has 0 unspecified atom stereocenters. The number of halogens is 3. The van der Waals surface area contributed by atoms with Gasteiger partial charge in [0, 0.05) is 24.1 Å². The Balaban J connectivity index is 2.00. The molecule has 0 aliphatic heterocycles. The summed E-state index contributed by atoms with van der Waals surface area (Å²) < 4.78 is 37.6. The van der Waals surface area contributed by atoms with Crippen LogP contribution in [0.15, 0.2) is 42.6 Å². The maximum atomic E-state index is 12.5. The van der Waals surface area contributed by atoms with E-state index in [2.05, 4.69) is 29.5 Å². The summed E-state index contributed by atoms with van der Waals surface area (Å²) >= 11 is 0. The monoisotopic (exact) mass is 351 g/mol. The number of pyridine rings is 1. The molecule has 0 atom stereocenters. The first-order valence-electron chi connectivity index (χ1n) is 7.94. The number of aromatic nitrogens is 1. The molecule has 0 saturated carbocycles. The van der Waals surface area contributed by atoms with E-state index in [0.29, 0.717) is 5.92 Å². The number of carbonyl (C=O) groups excluding carboxylic acids is 1. The molecule has 1 heterocycles. The maximum Gasteiger partial charge on any atom is 0.416 e. The van der Waals surface area contributed by atoms with Crippen molar-refractivity contribution < 1.29 is 18.0 Å². The van der Waals surface area contributed by atoms with Gasteiger partial charge in [0.25, 0.3) is 5.91 Å². The van der Waals surface area contributed by atoms with Crippen LogP contribution >= 0.6 is 0 Å². The lowest BCUT2D eigenvalue weighted by Gasteiger charge is -2.10. The molecule has 1 amide bonds. The molecule has 2 N–H and O–H groups in total. The van der Waals surface area contributed by atoms with Crippen LogP contribution in [0.25, 0.3) is 0 Å². The average Bonchev–Trinajstić information content (AvgIpc) is 2.54. The fraction of sp³-hybridized carbons (Fsp3) is 0.333. The van der Waals surface area contributed by atoms with Crippen LogP contribution in [0.2, 0.25) is 0 Å². The fourth-order valence-electron chi connectivity index (χ4n) is 2.11. The van der Waals surface area contributed by atoms with Crippen molar-refractivity contribution in [1.29, 1.82) is 0 Å². The second kappa shape index (κ2) is 8.00. The SMILES string of the molecule is CC(C)CCNc1ccnc(C(=O)Nc2ccc(C(F)(F)F)cc2)c1. The van der Waals surface area contributed by atoms with Crippen LogP contribution in [0.3, 0.4) is 0 Å². The van der Waals surface area contributed by atoms with Crippen molar-refractivity contribution >= 4 is 17.3 Å². The highest BCUT2D eigenvalue weighted by atomic mass is 19.4. The number of amides is 1. The minimum atomic E-state index is -4.40. The first-order valence-corrected chi connectivity index (χ1v) is 7.94. The molecule has 0 aliphatic carbocycles. The van der Waals surface area contributed by atoms with Gasteiger partial charge in [0.2, 0.25) is 0 Å². The Hall–Kier alpha value is -2.57. The van der Waals surface area contributed by atoms with Crippen LogP contribution in [0.1, 0.15) is 36.3 Å². The number of anilines is 2. The Morgan fingerprint density at radius 1 is 1.12 bits per heavy atom. The molecule has 2 rings (SSSR count). The minimum absolute atomic E-state index is 0.189. The quantitative estimate of drug-likeness (QED) is 0.785. The van der Waals surface area contributed by atoms with Crippen LogP contribution in [0, 0.1) is 5.92 Å². The molecule has 7 heteroatoms. The standard InChI is InChI=1S/C18H20F3N3O/c1-12(2)7-9-22-15-8-10-23-16(11-15)17(25)24-14-5-3-13(4-6-14)18(19,20)21/h3-6,8,10-12H,7,9H2,1-2H3,(H,22,23)(H,24,25). The van der Waals surface area contributed by atoms with Crippen molar-refractivity contribution in [2.75, 3.05) is 17.2 Å². The Kier molecular flexibility index (Phi) is 6.01. The van der Waals surface area contributed by atoms with Crippen molar-refractivity contribution in [3.63, 3.8) is 0 Å². The largest absolute Gasteiger partial charge is 0.416 e. The van der Waals surface area contributed by atoms with Gasteiger partial charge in [-0.3, -0.25) is 9.78 Å². The third-order valence-corrected chi connectivity index (χ3v) is 3.51. The van der Waals surface area contributed by atoms with Crippen LogP contribution in [0.4, 0.5) is 24.5 Å². The third-order valence-electron chi connectivity index (χ3n) is 3.51. The van der Waals surface area contributed by atoms with Crippen LogP contribution < -0.4 is 10.6 Å². The topological polar surface area (TPSA) is 54.0 Å². The number of hydrogen-bond donors (Lipinski definition) is 2. The van der Waals surface area contributed by atoms with Gasteiger partial charge >= 0.3 is 6.18 Å². The van der Waals surface area contributed by atoms with Crippen molar-refractivity contribution in [1.82, 2.24) is 4.98 Å². The van der Waals surface area contributed by atoms with Crippen molar-refractivity contribution in [2.24, 2.45) is 5.92 Å². The summed E-state index contributed by atoms with van der Waals surface area (Å²) in [6, 6.07) is 7.64. The number of hydrogen-bond acceptors (Lipinski definition) is 3. The number of alkyl halides is 3. The summed E-state index contributed by atoms with van der Waals surface area (Å²) in [4.78, 5) is 16.2. The van der Waals surface area contributed by atoms with Crippen molar-refractivity contribution in [3.8, 4) is 0 Å². The van der Waals surface area contributed by atoms with Gasteiger partial charge in [-0.15, -0.1) is 0 Å². The van der Waals surface area contributed by atoms with E-state index in [4.69, 9.17) is 0 Å². The van der Waals surface area contributed by atoms with Gasteiger partial charge < -0.3 is 10.6 Å². The summed E-state index contributed by atoms with van der Waals surface area (Å²) in [5.41, 5.74) is 0.473. The summed E-state index contributed by atoms with van der Waals surface area (Å²) in [6.45, 7) is 5.02. The van der Waals surface area contributed by atoms with Crippen LogP contribution in [0.5, 0.6) is 0 Å². The number of benzene rings is 1. The number of nitrogens with zero attached hydrogens (tertiary/aromatic N) is 1.